The molecule has 1 heterocycles. The molecule has 5 nitrogen and oxygen atoms in total. The van der Waals surface area contributed by atoms with Crippen LogP contribution in [0.5, 0.6) is 0 Å². The van der Waals surface area contributed by atoms with Gasteiger partial charge in [0.25, 0.3) is 5.91 Å². The van der Waals surface area contributed by atoms with Gasteiger partial charge in [0, 0.05) is 18.5 Å². The van der Waals surface area contributed by atoms with Gasteiger partial charge in [-0.2, -0.15) is 0 Å². The second kappa shape index (κ2) is 6.69. The monoisotopic (exact) mass is 318 g/mol. The van der Waals surface area contributed by atoms with E-state index in [2.05, 4.69) is 0 Å². The molecule has 0 aromatic carbocycles. The minimum Gasteiger partial charge on any atom is -0.338 e. The summed E-state index contributed by atoms with van der Waals surface area (Å²) in [4.78, 5) is 14.2. The minimum atomic E-state index is -3.74. The van der Waals surface area contributed by atoms with Crippen LogP contribution in [0.25, 0.3) is 0 Å². The zero-order chi connectivity index (χ0) is 15.5. The Hall–Kier alpha value is -0.920. The van der Waals surface area contributed by atoms with Crippen molar-refractivity contribution in [2.75, 3.05) is 13.1 Å². The number of carbonyl (C=O) groups excluding carboxylic acids is 1. The lowest BCUT2D eigenvalue weighted by atomic mass is 10.1. The lowest BCUT2D eigenvalue weighted by molar-refractivity contribution is 0.0715. The standard InChI is InChI=1S/C13H22N2O3S2/c1-9(2)6-15(7-10(3)4)13(16)11-5-12(19-8-11)20(14,17)18/h5,8-10H,6-7H2,1-4H3,(H2,14,17,18). The first-order chi connectivity index (χ1) is 9.11. The Morgan fingerprint density at radius 3 is 2.10 bits per heavy atom. The molecule has 0 aliphatic heterocycles. The van der Waals surface area contributed by atoms with Gasteiger partial charge in [0.2, 0.25) is 10.0 Å². The molecule has 0 unspecified atom stereocenters. The highest BCUT2D eigenvalue weighted by Crippen LogP contribution is 2.21. The maximum Gasteiger partial charge on any atom is 0.254 e. The van der Waals surface area contributed by atoms with Crippen molar-refractivity contribution >= 4 is 27.3 Å². The molecule has 0 radical (unpaired) electrons. The molecule has 1 aromatic rings. The largest absolute Gasteiger partial charge is 0.338 e. The third-order valence-electron chi connectivity index (χ3n) is 2.56. The van der Waals surface area contributed by atoms with Crippen molar-refractivity contribution in [3.05, 3.63) is 17.0 Å². The molecule has 0 saturated carbocycles. The normalized spacial score (nSPS) is 12.2. The highest BCUT2D eigenvalue weighted by Gasteiger charge is 2.21. The molecular weight excluding hydrogens is 296 g/mol. The van der Waals surface area contributed by atoms with Gasteiger partial charge in [0.15, 0.2) is 0 Å². The van der Waals surface area contributed by atoms with Gasteiger partial charge in [-0.15, -0.1) is 11.3 Å². The Labute approximate surface area is 124 Å². The predicted octanol–water partition coefficient (Wildman–Crippen LogP) is 2.15. The van der Waals surface area contributed by atoms with E-state index in [1.165, 1.54) is 6.07 Å². The summed E-state index contributed by atoms with van der Waals surface area (Å²) in [7, 11) is -3.74. The molecule has 7 heteroatoms. The first-order valence-electron chi connectivity index (χ1n) is 6.52. The Morgan fingerprint density at radius 2 is 1.75 bits per heavy atom. The van der Waals surface area contributed by atoms with Crippen molar-refractivity contribution in [2.45, 2.75) is 31.9 Å². The Kier molecular flexibility index (Phi) is 5.73. The number of thiophene rings is 1. The number of nitrogens with zero attached hydrogens (tertiary/aromatic N) is 1. The van der Waals surface area contributed by atoms with Crippen LogP contribution in [0, 0.1) is 11.8 Å². The van der Waals surface area contributed by atoms with Crippen LogP contribution < -0.4 is 5.14 Å². The Morgan fingerprint density at radius 1 is 1.25 bits per heavy atom. The molecule has 0 fully saturated rings. The van der Waals surface area contributed by atoms with Gasteiger partial charge in [-0.1, -0.05) is 27.7 Å². The highest BCUT2D eigenvalue weighted by atomic mass is 32.2. The molecule has 0 aliphatic rings. The molecule has 2 N–H and O–H groups in total. The highest BCUT2D eigenvalue weighted by molar-refractivity contribution is 7.91. The van der Waals surface area contributed by atoms with Crippen LogP contribution in [0.15, 0.2) is 15.7 Å². The SMILES string of the molecule is CC(C)CN(CC(C)C)C(=O)c1csc(S(N)(=O)=O)c1. The van der Waals surface area contributed by atoms with E-state index in [0.717, 1.165) is 11.3 Å². The van der Waals surface area contributed by atoms with Crippen molar-refractivity contribution in [3.63, 3.8) is 0 Å². The van der Waals surface area contributed by atoms with E-state index >= 15 is 0 Å². The molecular formula is C13H22N2O3S2. The fourth-order valence-corrected chi connectivity index (χ4v) is 3.46. The fourth-order valence-electron chi connectivity index (χ4n) is 1.88. The van der Waals surface area contributed by atoms with E-state index in [-0.39, 0.29) is 10.1 Å². The van der Waals surface area contributed by atoms with E-state index in [1.54, 1.807) is 10.3 Å². The molecule has 0 spiro atoms. The molecule has 0 atom stereocenters. The van der Waals surface area contributed by atoms with Crippen LogP contribution in [0.4, 0.5) is 0 Å². The van der Waals surface area contributed by atoms with Crippen LogP contribution in [0.1, 0.15) is 38.1 Å². The number of nitrogens with two attached hydrogens (primary N) is 1. The molecule has 0 saturated heterocycles. The van der Waals surface area contributed by atoms with Gasteiger partial charge in [-0.05, 0) is 17.9 Å². The summed E-state index contributed by atoms with van der Waals surface area (Å²) in [6, 6.07) is 1.36. The van der Waals surface area contributed by atoms with Crippen molar-refractivity contribution in [3.8, 4) is 0 Å². The summed E-state index contributed by atoms with van der Waals surface area (Å²) in [5.41, 5.74) is 0.389. The van der Waals surface area contributed by atoms with Crippen molar-refractivity contribution in [2.24, 2.45) is 17.0 Å². The number of primary sulfonamides is 1. The summed E-state index contributed by atoms with van der Waals surface area (Å²) in [6.07, 6.45) is 0. The van der Waals surface area contributed by atoms with Gasteiger partial charge in [0.05, 0.1) is 5.56 Å². The quantitative estimate of drug-likeness (QED) is 0.872. The van der Waals surface area contributed by atoms with E-state index in [1.807, 2.05) is 27.7 Å². The first-order valence-corrected chi connectivity index (χ1v) is 8.94. The first kappa shape index (κ1) is 17.1. The second-order valence-electron chi connectivity index (χ2n) is 5.70. The van der Waals surface area contributed by atoms with Crippen molar-refractivity contribution in [1.29, 1.82) is 0 Å². The van der Waals surface area contributed by atoms with Crippen LogP contribution in [0.2, 0.25) is 0 Å². The minimum absolute atomic E-state index is 0.0230. The molecule has 1 aromatic heterocycles. The average molecular weight is 318 g/mol. The van der Waals surface area contributed by atoms with Crippen LogP contribution >= 0.6 is 11.3 Å². The van der Waals surface area contributed by atoms with Gasteiger partial charge in [-0.25, -0.2) is 13.6 Å². The number of rotatable bonds is 6. The smallest absolute Gasteiger partial charge is 0.254 e. The van der Waals surface area contributed by atoms with E-state index < -0.39 is 10.0 Å². The molecule has 20 heavy (non-hydrogen) atoms. The van der Waals surface area contributed by atoms with Gasteiger partial charge >= 0.3 is 0 Å². The van der Waals surface area contributed by atoms with Gasteiger partial charge in [0.1, 0.15) is 4.21 Å². The Balaban J connectivity index is 2.97. The number of amides is 1. The number of hydrogen-bond acceptors (Lipinski definition) is 4. The predicted molar refractivity (Wildman–Crippen MR) is 81.3 cm³/mol. The van der Waals surface area contributed by atoms with Crippen molar-refractivity contribution < 1.29 is 13.2 Å². The summed E-state index contributed by atoms with van der Waals surface area (Å²) in [5, 5.41) is 6.62. The van der Waals surface area contributed by atoms with E-state index in [9.17, 15) is 13.2 Å². The zero-order valence-electron chi connectivity index (χ0n) is 12.3. The number of carbonyl (C=O) groups is 1. The molecule has 0 bridgehead atoms. The summed E-state index contributed by atoms with van der Waals surface area (Å²) in [6.45, 7) is 9.48. The van der Waals surface area contributed by atoms with Gasteiger partial charge in [-0.3, -0.25) is 4.79 Å². The topological polar surface area (TPSA) is 80.5 Å². The maximum atomic E-state index is 12.5. The summed E-state index contributed by atoms with van der Waals surface area (Å²) >= 11 is 0.980. The molecule has 114 valence electrons. The van der Waals surface area contributed by atoms with E-state index in [4.69, 9.17) is 5.14 Å². The number of sulfonamides is 1. The second-order valence-corrected chi connectivity index (χ2v) is 8.40. The molecule has 0 aliphatic carbocycles. The van der Waals surface area contributed by atoms with Crippen LogP contribution in [0.3, 0.4) is 0 Å². The zero-order valence-corrected chi connectivity index (χ0v) is 13.9. The summed E-state index contributed by atoms with van der Waals surface area (Å²) < 4.78 is 22.5. The Bertz CT molecular complexity index is 552. The molecule has 1 amide bonds. The van der Waals surface area contributed by atoms with Gasteiger partial charge < -0.3 is 4.90 Å². The average Bonchev–Trinajstić information content (AvgIpc) is 2.74. The van der Waals surface area contributed by atoms with E-state index in [0.29, 0.717) is 30.5 Å². The third-order valence-corrected chi connectivity index (χ3v) is 4.95. The van der Waals surface area contributed by atoms with Crippen LogP contribution in [-0.4, -0.2) is 32.3 Å². The lowest BCUT2D eigenvalue weighted by Gasteiger charge is -2.26. The lowest BCUT2D eigenvalue weighted by Crippen LogP contribution is -2.36. The third kappa shape index (κ3) is 4.88. The fraction of sp³-hybridized carbons (Fsp3) is 0.615. The maximum absolute atomic E-state index is 12.5. The van der Waals surface area contributed by atoms with Crippen molar-refractivity contribution in [1.82, 2.24) is 4.90 Å². The summed E-state index contributed by atoms with van der Waals surface area (Å²) in [5.74, 6) is 0.571. The number of hydrogen-bond donors (Lipinski definition) is 1. The molecule has 1 rings (SSSR count). The van der Waals surface area contributed by atoms with Crippen LogP contribution in [-0.2, 0) is 10.0 Å².